The van der Waals surface area contributed by atoms with E-state index in [4.69, 9.17) is 5.11 Å². The summed E-state index contributed by atoms with van der Waals surface area (Å²) >= 11 is 0. The maximum Gasteiger partial charge on any atom is 0.165 e. The standard InChI is InChI=1S/C10H10O2/c11-6-10(12)9-5-7-3-1-2-4-8(7)9/h1-4,9,11H,5-6H2. The van der Waals surface area contributed by atoms with Gasteiger partial charge in [-0.25, -0.2) is 0 Å². The third kappa shape index (κ3) is 0.959. The van der Waals surface area contributed by atoms with Crippen molar-refractivity contribution < 1.29 is 9.90 Å². The second kappa shape index (κ2) is 2.72. The molecule has 1 atom stereocenters. The summed E-state index contributed by atoms with van der Waals surface area (Å²) < 4.78 is 0. The normalized spacial score (nSPS) is 19.6. The molecule has 62 valence electrons. The SMILES string of the molecule is O=C(CO)C1Cc2ccccc21. The van der Waals surface area contributed by atoms with Crippen LogP contribution in [-0.4, -0.2) is 17.5 Å². The van der Waals surface area contributed by atoms with Crippen molar-refractivity contribution in [2.75, 3.05) is 6.61 Å². The molecule has 1 aromatic rings. The Kier molecular flexibility index (Phi) is 1.70. The Bertz CT molecular complexity index is 317. The highest BCUT2D eigenvalue weighted by Crippen LogP contribution is 2.34. The number of hydrogen-bond acceptors (Lipinski definition) is 2. The van der Waals surface area contributed by atoms with Gasteiger partial charge in [0, 0.05) is 5.92 Å². The molecular formula is C10H10O2. The molecule has 12 heavy (non-hydrogen) atoms. The van der Waals surface area contributed by atoms with Crippen molar-refractivity contribution in [2.24, 2.45) is 0 Å². The summed E-state index contributed by atoms with van der Waals surface area (Å²) in [4.78, 5) is 11.1. The van der Waals surface area contributed by atoms with Crippen molar-refractivity contribution in [2.45, 2.75) is 12.3 Å². The third-order valence-electron chi connectivity index (χ3n) is 2.40. The Morgan fingerprint density at radius 2 is 2.25 bits per heavy atom. The minimum Gasteiger partial charge on any atom is -0.389 e. The number of carbonyl (C=O) groups is 1. The predicted molar refractivity (Wildman–Crippen MR) is 45.0 cm³/mol. The average Bonchev–Trinajstić information content (AvgIpc) is 2.07. The molecule has 0 aliphatic heterocycles. The molecule has 2 heteroatoms. The Labute approximate surface area is 70.8 Å². The molecule has 0 saturated heterocycles. The highest BCUT2D eigenvalue weighted by molar-refractivity contribution is 5.89. The first-order chi connectivity index (χ1) is 5.83. The zero-order chi connectivity index (χ0) is 8.55. The van der Waals surface area contributed by atoms with Crippen LogP contribution in [0.5, 0.6) is 0 Å². The van der Waals surface area contributed by atoms with E-state index in [9.17, 15) is 4.79 Å². The first-order valence-electron chi connectivity index (χ1n) is 4.04. The van der Waals surface area contributed by atoms with Crippen LogP contribution in [0.4, 0.5) is 0 Å². The summed E-state index contributed by atoms with van der Waals surface area (Å²) in [7, 11) is 0. The van der Waals surface area contributed by atoms with Crippen LogP contribution in [0.2, 0.25) is 0 Å². The minimum absolute atomic E-state index is 0.0359. The van der Waals surface area contributed by atoms with Crippen molar-refractivity contribution >= 4 is 5.78 Å². The third-order valence-corrected chi connectivity index (χ3v) is 2.40. The second-order valence-corrected chi connectivity index (χ2v) is 3.08. The van der Waals surface area contributed by atoms with Crippen LogP contribution < -0.4 is 0 Å². The van der Waals surface area contributed by atoms with E-state index in [0.29, 0.717) is 0 Å². The van der Waals surface area contributed by atoms with Gasteiger partial charge in [-0.15, -0.1) is 0 Å². The Morgan fingerprint density at radius 1 is 1.50 bits per heavy atom. The quantitative estimate of drug-likeness (QED) is 0.701. The Balaban J connectivity index is 2.25. The van der Waals surface area contributed by atoms with Gasteiger partial charge in [-0.1, -0.05) is 24.3 Å². The molecule has 1 aliphatic rings. The van der Waals surface area contributed by atoms with Crippen molar-refractivity contribution in [3.63, 3.8) is 0 Å². The molecule has 2 rings (SSSR count). The first-order valence-corrected chi connectivity index (χ1v) is 4.04. The zero-order valence-electron chi connectivity index (χ0n) is 6.66. The molecule has 1 aromatic carbocycles. The monoisotopic (exact) mass is 162 g/mol. The van der Waals surface area contributed by atoms with E-state index in [2.05, 4.69) is 0 Å². The maximum atomic E-state index is 11.1. The number of aliphatic hydroxyl groups is 1. The number of Topliss-reactive ketones (excluding diaryl/α,β-unsaturated/α-hetero) is 1. The lowest BCUT2D eigenvalue weighted by Gasteiger charge is -2.27. The molecule has 0 fully saturated rings. The number of fused-ring (bicyclic) bond motifs is 1. The van der Waals surface area contributed by atoms with Crippen molar-refractivity contribution in [1.82, 2.24) is 0 Å². The van der Waals surface area contributed by atoms with Gasteiger partial charge in [-0.3, -0.25) is 4.79 Å². The number of rotatable bonds is 2. The van der Waals surface area contributed by atoms with Crippen molar-refractivity contribution in [3.05, 3.63) is 35.4 Å². The van der Waals surface area contributed by atoms with Crippen LogP contribution in [0.25, 0.3) is 0 Å². The topological polar surface area (TPSA) is 37.3 Å². The van der Waals surface area contributed by atoms with Crippen molar-refractivity contribution in [3.8, 4) is 0 Å². The number of carbonyl (C=O) groups excluding carboxylic acids is 1. The van der Waals surface area contributed by atoms with Gasteiger partial charge in [-0.05, 0) is 17.5 Å². The van der Waals surface area contributed by atoms with E-state index in [-0.39, 0.29) is 18.3 Å². The van der Waals surface area contributed by atoms with Gasteiger partial charge in [0.25, 0.3) is 0 Å². The molecule has 1 aliphatic carbocycles. The smallest absolute Gasteiger partial charge is 0.165 e. The largest absolute Gasteiger partial charge is 0.389 e. The van der Waals surface area contributed by atoms with Gasteiger partial charge in [-0.2, -0.15) is 0 Å². The fourth-order valence-corrected chi connectivity index (χ4v) is 1.66. The number of ketones is 1. The van der Waals surface area contributed by atoms with Crippen LogP contribution in [0.1, 0.15) is 17.0 Å². The first kappa shape index (κ1) is 7.50. The molecule has 0 amide bonds. The van der Waals surface area contributed by atoms with Gasteiger partial charge in [0.05, 0.1) is 0 Å². The van der Waals surface area contributed by atoms with E-state index < -0.39 is 0 Å². The highest BCUT2D eigenvalue weighted by Gasteiger charge is 2.30. The maximum absolute atomic E-state index is 11.1. The summed E-state index contributed by atoms with van der Waals surface area (Å²) in [6.45, 7) is -0.334. The summed E-state index contributed by atoms with van der Waals surface area (Å²) in [6, 6.07) is 7.88. The van der Waals surface area contributed by atoms with Gasteiger partial charge >= 0.3 is 0 Å². The summed E-state index contributed by atoms with van der Waals surface area (Å²) in [5, 5.41) is 8.65. The number of benzene rings is 1. The predicted octanol–water partition coefficient (Wildman–Crippen LogP) is 0.888. The summed E-state index contributed by atoms with van der Waals surface area (Å²) in [5.41, 5.74) is 2.33. The number of aliphatic hydroxyl groups excluding tert-OH is 1. The lowest BCUT2D eigenvalue weighted by atomic mass is 9.75. The van der Waals surface area contributed by atoms with Crippen molar-refractivity contribution in [1.29, 1.82) is 0 Å². The van der Waals surface area contributed by atoms with E-state index in [0.717, 1.165) is 12.0 Å². The van der Waals surface area contributed by atoms with Crippen LogP contribution in [0, 0.1) is 0 Å². The van der Waals surface area contributed by atoms with E-state index >= 15 is 0 Å². The fraction of sp³-hybridized carbons (Fsp3) is 0.300. The van der Waals surface area contributed by atoms with E-state index in [1.807, 2.05) is 24.3 Å². The second-order valence-electron chi connectivity index (χ2n) is 3.08. The molecule has 1 N–H and O–H groups in total. The van der Waals surface area contributed by atoms with Gasteiger partial charge in [0.1, 0.15) is 6.61 Å². The summed E-state index contributed by atoms with van der Waals surface area (Å²) in [6.07, 6.45) is 0.801. The molecule has 1 unspecified atom stereocenters. The van der Waals surface area contributed by atoms with E-state index in [1.165, 1.54) is 5.56 Å². The van der Waals surface area contributed by atoms with Gasteiger partial charge in [0.2, 0.25) is 0 Å². The fourth-order valence-electron chi connectivity index (χ4n) is 1.66. The molecule has 0 spiro atoms. The van der Waals surface area contributed by atoms with Crippen LogP contribution >= 0.6 is 0 Å². The van der Waals surface area contributed by atoms with Gasteiger partial charge in [0.15, 0.2) is 5.78 Å². The Hall–Kier alpha value is -1.15. The van der Waals surface area contributed by atoms with Crippen LogP contribution in [-0.2, 0) is 11.2 Å². The summed E-state index contributed by atoms with van der Waals surface area (Å²) in [5.74, 6) is -0.0973. The van der Waals surface area contributed by atoms with Crippen LogP contribution in [0.3, 0.4) is 0 Å². The minimum atomic E-state index is -0.334. The molecule has 0 heterocycles. The number of hydrogen-bond donors (Lipinski definition) is 1. The molecule has 0 bridgehead atoms. The molecular weight excluding hydrogens is 152 g/mol. The van der Waals surface area contributed by atoms with E-state index in [1.54, 1.807) is 0 Å². The molecule has 2 nitrogen and oxygen atoms in total. The molecule has 0 saturated carbocycles. The van der Waals surface area contributed by atoms with Gasteiger partial charge < -0.3 is 5.11 Å². The average molecular weight is 162 g/mol. The molecule has 0 aromatic heterocycles. The molecule has 0 radical (unpaired) electrons. The van der Waals surface area contributed by atoms with Crippen LogP contribution in [0.15, 0.2) is 24.3 Å². The highest BCUT2D eigenvalue weighted by atomic mass is 16.3. The lowest BCUT2D eigenvalue weighted by Crippen LogP contribution is -2.27. The zero-order valence-corrected chi connectivity index (χ0v) is 6.66. The lowest BCUT2D eigenvalue weighted by molar-refractivity contribution is -0.123. The Morgan fingerprint density at radius 3 is 2.92 bits per heavy atom.